The summed E-state index contributed by atoms with van der Waals surface area (Å²) in [5, 5.41) is 0. The van der Waals surface area contributed by atoms with Crippen LogP contribution < -0.4 is 10.5 Å². The molecule has 2 N–H and O–H groups in total. The minimum atomic E-state index is -0.137. The number of esters is 1. The molecule has 1 atom stereocenters. The summed E-state index contributed by atoms with van der Waals surface area (Å²) in [6.07, 6.45) is 2.94. The van der Waals surface area contributed by atoms with E-state index in [1.54, 1.807) is 7.11 Å². The van der Waals surface area contributed by atoms with Gasteiger partial charge in [0.2, 0.25) is 0 Å². The van der Waals surface area contributed by atoms with Crippen molar-refractivity contribution in [2.24, 2.45) is 5.73 Å². The van der Waals surface area contributed by atoms with Gasteiger partial charge < -0.3 is 15.2 Å². The number of benzene rings is 1. The van der Waals surface area contributed by atoms with Gasteiger partial charge in [-0.3, -0.25) is 4.79 Å². The molecule has 1 unspecified atom stereocenters. The quantitative estimate of drug-likeness (QED) is 0.566. The summed E-state index contributed by atoms with van der Waals surface area (Å²) in [6, 6.07) is 3.90. The summed E-state index contributed by atoms with van der Waals surface area (Å²) >= 11 is 3.52. The van der Waals surface area contributed by atoms with E-state index in [4.69, 9.17) is 15.2 Å². The van der Waals surface area contributed by atoms with Crippen molar-refractivity contribution >= 4 is 21.9 Å². The Morgan fingerprint density at radius 2 is 2.10 bits per heavy atom. The summed E-state index contributed by atoms with van der Waals surface area (Å²) in [6.45, 7) is 4.27. The first-order chi connectivity index (χ1) is 9.99. The molecule has 1 aromatic carbocycles. The Balaban J connectivity index is 2.54. The van der Waals surface area contributed by atoms with Crippen LogP contribution in [-0.2, 0) is 9.53 Å². The summed E-state index contributed by atoms with van der Waals surface area (Å²) < 4.78 is 11.3. The van der Waals surface area contributed by atoms with E-state index in [1.807, 2.05) is 26.0 Å². The van der Waals surface area contributed by atoms with Crippen molar-refractivity contribution in [3.8, 4) is 5.75 Å². The highest BCUT2D eigenvalue weighted by molar-refractivity contribution is 9.10. The molecule has 0 bridgehead atoms. The van der Waals surface area contributed by atoms with Gasteiger partial charge in [-0.05, 0) is 44.4 Å². The minimum absolute atomic E-state index is 0.0981. The summed E-state index contributed by atoms with van der Waals surface area (Å²) in [4.78, 5) is 11.3. The molecule has 4 nitrogen and oxygen atoms in total. The number of ether oxygens (including phenoxy) is 2. The van der Waals surface area contributed by atoms with Crippen molar-refractivity contribution in [2.75, 3.05) is 13.7 Å². The number of hydrogen-bond acceptors (Lipinski definition) is 4. The van der Waals surface area contributed by atoms with Crippen LogP contribution in [0, 0.1) is 6.92 Å². The van der Waals surface area contributed by atoms with E-state index in [0.717, 1.165) is 40.6 Å². The highest BCUT2D eigenvalue weighted by Gasteiger charge is 2.14. The van der Waals surface area contributed by atoms with E-state index in [-0.39, 0.29) is 12.0 Å². The van der Waals surface area contributed by atoms with E-state index in [0.29, 0.717) is 13.0 Å². The van der Waals surface area contributed by atoms with Crippen molar-refractivity contribution in [1.29, 1.82) is 0 Å². The molecule has 118 valence electrons. The van der Waals surface area contributed by atoms with Crippen LogP contribution in [0.5, 0.6) is 5.75 Å². The second-order valence-electron chi connectivity index (χ2n) is 5.00. The smallest absolute Gasteiger partial charge is 0.305 e. The molecule has 0 aliphatic carbocycles. The number of carbonyl (C=O) groups is 1. The van der Waals surface area contributed by atoms with Gasteiger partial charge in [0.05, 0.1) is 13.7 Å². The van der Waals surface area contributed by atoms with Crippen molar-refractivity contribution in [1.82, 2.24) is 0 Å². The zero-order chi connectivity index (χ0) is 15.8. The fourth-order valence-electron chi connectivity index (χ4n) is 2.16. The topological polar surface area (TPSA) is 61.5 Å². The summed E-state index contributed by atoms with van der Waals surface area (Å²) in [5.41, 5.74) is 8.36. The monoisotopic (exact) mass is 357 g/mol. The van der Waals surface area contributed by atoms with Gasteiger partial charge in [0, 0.05) is 22.5 Å². The highest BCUT2D eigenvalue weighted by Crippen LogP contribution is 2.32. The van der Waals surface area contributed by atoms with Crippen LogP contribution >= 0.6 is 15.9 Å². The third-order valence-electron chi connectivity index (χ3n) is 3.36. The number of methoxy groups -OCH3 is 1. The molecule has 0 aliphatic rings. The first-order valence-corrected chi connectivity index (χ1v) is 8.04. The predicted molar refractivity (Wildman–Crippen MR) is 87.5 cm³/mol. The fraction of sp³-hybridized carbons (Fsp3) is 0.562. The molecule has 1 aromatic rings. The molecule has 1 rings (SSSR count). The number of halogens is 1. The van der Waals surface area contributed by atoms with E-state index in [9.17, 15) is 4.79 Å². The Kier molecular flexibility index (Phi) is 7.75. The number of nitrogens with two attached hydrogens (primary N) is 1. The average molecular weight is 358 g/mol. The molecular formula is C16H24BrNO3. The van der Waals surface area contributed by atoms with Gasteiger partial charge in [-0.15, -0.1) is 0 Å². The maximum Gasteiger partial charge on any atom is 0.305 e. The van der Waals surface area contributed by atoms with Crippen LogP contribution in [0.2, 0.25) is 0 Å². The molecular weight excluding hydrogens is 334 g/mol. The Morgan fingerprint density at radius 3 is 2.71 bits per heavy atom. The van der Waals surface area contributed by atoms with Crippen LogP contribution in [0.4, 0.5) is 0 Å². The third-order valence-corrected chi connectivity index (χ3v) is 4.22. The molecule has 0 aromatic heterocycles. The SMILES string of the molecule is CCOC(=O)CCCCC(N)c1cc(Br)c(C)cc1OC. The second-order valence-corrected chi connectivity index (χ2v) is 5.85. The van der Waals surface area contributed by atoms with E-state index < -0.39 is 0 Å². The molecule has 0 saturated heterocycles. The summed E-state index contributed by atoms with van der Waals surface area (Å²) in [7, 11) is 1.65. The zero-order valence-corrected chi connectivity index (χ0v) is 14.5. The van der Waals surface area contributed by atoms with Crippen LogP contribution in [0.1, 0.15) is 49.8 Å². The zero-order valence-electron chi connectivity index (χ0n) is 12.9. The van der Waals surface area contributed by atoms with Crippen molar-refractivity contribution in [3.05, 3.63) is 27.7 Å². The van der Waals surface area contributed by atoms with Gasteiger partial charge >= 0.3 is 5.97 Å². The lowest BCUT2D eigenvalue weighted by Gasteiger charge is -2.17. The molecule has 21 heavy (non-hydrogen) atoms. The third kappa shape index (κ3) is 5.67. The van der Waals surface area contributed by atoms with Crippen molar-refractivity contribution < 1.29 is 14.3 Å². The van der Waals surface area contributed by atoms with Crippen LogP contribution in [0.25, 0.3) is 0 Å². The van der Waals surface area contributed by atoms with Gasteiger partial charge in [-0.25, -0.2) is 0 Å². The molecule has 0 amide bonds. The average Bonchev–Trinajstić information content (AvgIpc) is 2.46. The van der Waals surface area contributed by atoms with Gasteiger partial charge in [0.1, 0.15) is 5.75 Å². The lowest BCUT2D eigenvalue weighted by Crippen LogP contribution is -2.12. The first-order valence-electron chi connectivity index (χ1n) is 7.24. The Morgan fingerprint density at radius 1 is 1.38 bits per heavy atom. The van der Waals surface area contributed by atoms with Gasteiger partial charge in [0.15, 0.2) is 0 Å². The molecule has 0 heterocycles. The minimum Gasteiger partial charge on any atom is -0.496 e. The van der Waals surface area contributed by atoms with Crippen molar-refractivity contribution in [2.45, 2.75) is 45.6 Å². The molecule has 0 aliphatic heterocycles. The lowest BCUT2D eigenvalue weighted by atomic mass is 9.99. The number of carbonyl (C=O) groups excluding carboxylic acids is 1. The van der Waals surface area contributed by atoms with E-state index >= 15 is 0 Å². The number of hydrogen-bond donors (Lipinski definition) is 1. The first kappa shape index (κ1) is 18.0. The van der Waals surface area contributed by atoms with Crippen LogP contribution in [0.3, 0.4) is 0 Å². The number of aryl methyl sites for hydroxylation is 1. The largest absolute Gasteiger partial charge is 0.496 e. The van der Waals surface area contributed by atoms with Crippen LogP contribution in [0.15, 0.2) is 16.6 Å². The molecule has 0 spiro atoms. The number of unbranched alkanes of at least 4 members (excludes halogenated alkanes) is 1. The highest BCUT2D eigenvalue weighted by atomic mass is 79.9. The molecule has 0 radical (unpaired) electrons. The number of rotatable bonds is 8. The Hall–Kier alpha value is -1.07. The van der Waals surface area contributed by atoms with Crippen LogP contribution in [-0.4, -0.2) is 19.7 Å². The maximum absolute atomic E-state index is 11.3. The molecule has 0 saturated carbocycles. The lowest BCUT2D eigenvalue weighted by molar-refractivity contribution is -0.143. The molecule has 5 heteroatoms. The van der Waals surface area contributed by atoms with E-state index in [1.165, 1.54) is 0 Å². The maximum atomic E-state index is 11.3. The van der Waals surface area contributed by atoms with E-state index in [2.05, 4.69) is 15.9 Å². The summed E-state index contributed by atoms with van der Waals surface area (Å²) in [5.74, 6) is 0.676. The van der Waals surface area contributed by atoms with Gasteiger partial charge in [-0.2, -0.15) is 0 Å². The fourth-order valence-corrected chi connectivity index (χ4v) is 2.52. The Labute approximate surface area is 135 Å². The van der Waals surface area contributed by atoms with Gasteiger partial charge in [0.25, 0.3) is 0 Å². The normalized spacial score (nSPS) is 12.0. The predicted octanol–water partition coefficient (Wildman–Crippen LogP) is 3.89. The van der Waals surface area contributed by atoms with Crippen molar-refractivity contribution in [3.63, 3.8) is 0 Å². The van der Waals surface area contributed by atoms with Gasteiger partial charge in [-0.1, -0.05) is 22.4 Å². The molecule has 0 fully saturated rings. The Bertz CT molecular complexity index is 477. The second kappa shape index (κ2) is 9.05. The standard InChI is InChI=1S/C16H24BrNO3/c1-4-21-16(19)8-6-5-7-14(18)12-10-13(17)11(2)9-15(12)20-3/h9-10,14H,4-8,18H2,1-3H3.